The van der Waals surface area contributed by atoms with E-state index in [1.54, 1.807) is 0 Å². The molecule has 0 amide bonds. The van der Waals surface area contributed by atoms with Crippen molar-refractivity contribution in [2.45, 2.75) is 26.8 Å². The molecule has 0 aliphatic carbocycles. The van der Waals surface area contributed by atoms with Gasteiger partial charge >= 0.3 is 5.97 Å². The number of carbonyl (C=O) groups is 2. The van der Waals surface area contributed by atoms with Gasteiger partial charge in [0.05, 0.1) is 11.6 Å². The fraction of sp³-hybridized carbons (Fsp3) is 0.238. The highest BCUT2D eigenvalue weighted by atomic mass is 16.5. The molecule has 0 unspecified atom stereocenters. The maximum atomic E-state index is 13.1. The van der Waals surface area contributed by atoms with E-state index in [1.165, 1.54) is 6.92 Å². The fourth-order valence-corrected chi connectivity index (χ4v) is 3.29. The van der Waals surface area contributed by atoms with Gasteiger partial charge in [0.2, 0.25) is 0 Å². The Morgan fingerprint density at radius 1 is 1.04 bits per heavy atom. The summed E-state index contributed by atoms with van der Waals surface area (Å²) in [6, 6.07) is 17.1. The van der Waals surface area contributed by atoms with E-state index in [1.807, 2.05) is 68.4 Å². The Kier molecular flexibility index (Phi) is 4.70. The first-order valence-electron chi connectivity index (χ1n) is 8.33. The molecule has 1 atom stereocenters. The van der Waals surface area contributed by atoms with Crippen LogP contribution >= 0.6 is 0 Å². The van der Waals surface area contributed by atoms with Crippen LogP contribution in [0.1, 0.15) is 41.5 Å². The number of benzene rings is 2. The van der Waals surface area contributed by atoms with Gasteiger partial charge in [-0.25, -0.2) is 0 Å². The molecule has 128 valence electrons. The summed E-state index contributed by atoms with van der Waals surface area (Å²) in [5.41, 5.74) is 3.23. The highest BCUT2D eigenvalue weighted by Gasteiger charge is 2.23. The molecule has 0 spiro atoms. The molecule has 0 saturated carbocycles. The van der Waals surface area contributed by atoms with E-state index in [0.717, 1.165) is 16.6 Å². The first-order valence-corrected chi connectivity index (χ1v) is 8.33. The number of esters is 1. The Morgan fingerprint density at radius 2 is 1.68 bits per heavy atom. The van der Waals surface area contributed by atoms with E-state index in [4.69, 9.17) is 4.74 Å². The fourth-order valence-electron chi connectivity index (χ4n) is 3.29. The molecule has 0 fully saturated rings. The second-order valence-electron chi connectivity index (χ2n) is 6.19. The Labute approximate surface area is 147 Å². The predicted molar refractivity (Wildman–Crippen MR) is 97.9 cm³/mol. The van der Waals surface area contributed by atoms with Crippen LogP contribution in [0.5, 0.6) is 0 Å². The average molecular weight is 335 g/mol. The Hall–Kier alpha value is -2.88. The van der Waals surface area contributed by atoms with Crippen molar-refractivity contribution in [2.75, 3.05) is 6.61 Å². The van der Waals surface area contributed by atoms with Crippen molar-refractivity contribution < 1.29 is 14.3 Å². The third-order valence-corrected chi connectivity index (χ3v) is 4.39. The number of ether oxygens (including phenoxy) is 1. The first kappa shape index (κ1) is 17.0. The number of rotatable bonds is 5. The van der Waals surface area contributed by atoms with Crippen LogP contribution in [-0.4, -0.2) is 22.9 Å². The zero-order valence-electron chi connectivity index (χ0n) is 14.7. The molecule has 0 radical (unpaired) electrons. The monoisotopic (exact) mass is 335 g/mol. The minimum absolute atomic E-state index is 0.00716. The van der Waals surface area contributed by atoms with Crippen molar-refractivity contribution in [2.24, 2.45) is 0 Å². The lowest BCUT2D eigenvalue weighted by Crippen LogP contribution is -2.16. The van der Waals surface area contributed by atoms with Crippen LogP contribution in [0.25, 0.3) is 10.9 Å². The van der Waals surface area contributed by atoms with Crippen LogP contribution in [0.15, 0.2) is 54.6 Å². The van der Waals surface area contributed by atoms with E-state index in [9.17, 15) is 9.59 Å². The van der Waals surface area contributed by atoms with Gasteiger partial charge in [-0.3, -0.25) is 9.59 Å². The standard InChI is InChI=1S/C21H21NO3/c1-14(13-25-16(3)23)22-15(2)20(18-11-7-8-12-19(18)22)21(24)17-9-5-4-6-10-17/h4-12,14H,13H2,1-3H3/t14-/m1/s1. The van der Waals surface area contributed by atoms with Gasteiger partial charge in [-0.1, -0.05) is 48.5 Å². The quantitative estimate of drug-likeness (QED) is 0.516. The van der Waals surface area contributed by atoms with Crippen molar-refractivity contribution >= 4 is 22.7 Å². The van der Waals surface area contributed by atoms with Gasteiger partial charge in [0.1, 0.15) is 6.61 Å². The third-order valence-electron chi connectivity index (χ3n) is 4.39. The predicted octanol–water partition coefficient (Wildman–Crippen LogP) is 4.30. The third kappa shape index (κ3) is 3.20. The smallest absolute Gasteiger partial charge is 0.302 e. The number of ketones is 1. The summed E-state index contributed by atoms with van der Waals surface area (Å²) in [6.07, 6.45) is 0. The van der Waals surface area contributed by atoms with Crippen molar-refractivity contribution in [3.8, 4) is 0 Å². The van der Waals surface area contributed by atoms with Crippen LogP contribution in [0.4, 0.5) is 0 Å². The highest BCUT2D eigenvalue weighted by molar-refractivity contribution is 6.17. The summed E-state index contributed by atoms with van der Waals surface area (Å²) in [5.74, 6) is -0.297. The van der Waals surface area contributed by atoms with Gasteiger partial charge in [-0.15, -0.1) is 0 Å². The van der Waals surface area contributed by atoms with Crippen molar-refractivity contribution in [3.63, 3.8) is 0 Å². The molecule has 2 aromatic carbocycles. The summed E-state index contributed by atoms with van der Waals surface area (Å²) in [6.45, 7) is 5.60. The van der Waals surface area contributed by atoms with Crippen molar-refractivity contribution in [1.82, 2.24) is 4.57 Å². The van der Waals surface area contributed by atoms with Gasteiger partial charge in [0, 0.05) is 29.1 Å². The number of para-hydroxylation sites is 1. The number of hydrogen-bond donors (Lipinski definition) is 0. The van der Waals surface area contributed by atoms with E-state index < -0.39 is 0 Å². The second-order valence-corrected chi connectivity index (χ2v) is 6.19. The number of aromatic nitrogens is 1. The maximum absolute atomic E-state index is 13.1. The zero-order chi connectivity index (χ0) is 18.0. The van der Waals surface area contributed by atoms with Crippen LogP contribution < -0.4 is 0 Å². The lowest BCUT2D eigenvalue weighted by atomic mass is 10.0. The van der Waals surface area contributed by atoms with E-state index in [2.05, 4.69) is 4.57 Å². The molecule has 4 heteroatoms. The van der Waals surface area contributed by atoms with E-state index in [0.29, 0.717) is 11.1 Å². The summed E-state index contributed by atoms with van der Waals surface area (Å²) >= 11 is 0. The summed E-state index contributed by atoms with van der Waals surface area (Å²) in [5, 5.41) is 0.920. The van der Waals surface area contributed by atoms with Crippen LogP contribution in [0, 0.1) is 6.92 Å². The molecule has 0 saturated heterocycles. The summed E-state index contributed by atoms with van der Waals surface area (Å²) in [7, 11) is 0. The van der Waals surface area contributed by atoms with Gasteiger partial charge in [-0.05, 0) is 19.9 Å². The number of fused-ring (bicyclic) bond motifs is 1. The van der Waals surface area contributed by atoms with Gasteiger partial charge in [-0.2, -0.15) is 0 Å². The molecule has 25 heavy (non-hydrogen) atoms. The Bertz CT molecular complexity index is 925. The topological polar surface area (TPSA) is 48.3 Å². The Morgan fingerprint density at radius 3 is 2.36 bits per heavy atom. The van der Waals surface area contributed by atoms with E-state index >= 15 is 0 Å². The van der Waals surface area contributed by atoms with Gasteiger partial charge < -0.3 is 9.30 Å². The zero-order valence-corrected chi connectivity index (χ0v) is 14.7. The van der Waals surface area contributed by atoms with Gasteiger partial charge in [0.15, 0.2) is 5.78 Å². The summed E-state index contributed by atoms with van der Waals surface area (Å²) in [4.78, 5) is 24.2. The lowest BCUT2D eigenvalue weighted by molar-refractivity contribution is -0.141. The first-order chi connectivity index (χ1) is 12.0. The maximum Gasteiger partial charge on any atom is 0.302 e. The average Bonchev–Trinajstić information content (AvgIpc) is 2.91. The molecule has 0 aliphatic rings. The van der Waals surface area contributed by atoms with E-state index in [-0.39, 0.29) is 24.4 Å². The molecule has 0 bridgehead atoms. The SMILES string of the molecule is CC(=O)OC[C@@H](C)n1c(C)c(C(=O)c2ccccc2)c2ccccc21. The molecule has 3 rings (SSSR count). The number of hydrogen-bond acceptors (Lipinski definition) is 3. The van der Waals surface area contributed by atoms with Crippen LogP contribution in [0.2, 0.25) is 0 Å². The lowest BCUT2D eigenvalue weighted by Gasteiger charge is -2.17. The minimum Gasteiger partial charge on any atom is -0.464 e. The summed E-state index contributed by atoms with van der Waals surface area (Å²) < 4.78 is 7.25. The number of carbonyl (C=O) groups excluding carboxylic acids is 2. The molecule has 0 aliphatic heterocycles. The molecule has 3 aromatic rings. The minimum atomic E-state index is -0.304. The molecule has 1 aromatic heterocycles. The van der Waals surface area contributed by atoms with Crippen LogP contribution in [-0.2, 0) is 9.53 Å². The largest absolute Gasteiger partial charge is 0.464 e. The highest BCUT2D eigenvalue weighted by Crippen LogP contribution is 2.31. The van der Waals surface area contributed by atoms with Gasteiger partial charge in [0.25, 0.3) is 0 Å². The van der Waals surface area contributed by atoms with Crippen molar-refractivity contribution in [3.05, 3.63) is 71.4 Å². The molecule has 1 heterocycles. The normalized spacial score (nSPS) is 12.1. The second kappa shape index (κ2) is 6.93. The molecule has 0 N–H and O–H groups in total. The van der Waals surface area contributed by atoms with Crippen LogP contribution in [0.3, 0.4) is 0 Å². The Balaban J connectivity index is 2.13. The molecular formula is C21H21NO3. The van der Waals surface area contributed by atoms with Crippen molar-refractivity contribution in [1.29, 1.82) is 0 Å². The molecular weight excluding hydrogens is 314 g/mol. The molecule has 4 nitrogen and oxygen atoms in total. The number of nitrogens with zero attached hydrogens (tertiary/aromatic N) is 1.